The molecule has 0 aliphatic carbocycles. The predicted molar refractivity (Wildman–Crippen MR) is 85.1 cm³/mol. The fraction of sp³-hybridized carbons (Fsp3) is 1.00. The van der Waals surface area contributed by atoms with E-state index < -0.39 is 0 Å². The zero-order valence-corrected chi connectivity index (χ0v) is 14.0. The van der Waals surface area contributed by atoms with Crippen molar-refractivity contribution < 1.29 is 4.74 Å². The fourth-order valence-corrected chi connectivity index (χ4v) is 3.86. The van der Waals surface area contributed by atoms with Crippen LogP contribution in [0.4, 0.5) is 0 Å². The molecule has 2 fully saturated rings. The van der Waals surface area contributed by atoms with E-state index in [9.17, 15) is 0 Å². The topological polar surface area (TPSA) is 24.5 Å². The van der Waals surface area contributed by atoms with Gasteiger partial charge in [-0.3, -0.25) is 4.90 Å². The molecular weight excluding hydrogens is 248 g/mol. The molecule has 2 rings (SSSR count). The second kappa shape index (κ2) is 6.76. The van der Waals surface area contributed by atoms with Crippen molar-refractivity contribution >= 4 is 0 Å². The maximum absolute atomic E-state index is 5.56. The van der Waals surface area contributed by atoms with Gasteiger partial charge in [0.15, 0.2) is 0 Å². The summed E-state index contributed by atoms with van der Waals surface area (Å²) in [6.07, 6.45) is 6.16. The molecule has 20 heavy (non-hydrogen) atoms. The second-order valence-corrected chi connectivity index (χ2v) is 7.26. The van der Waals surface area contributed by atoms with Crippen LogP contribution < -0.4 is 5.32 Å². The Morgan fingerprint density at radius 2 is 1.80 bits per heavy atom. The summed E-state index contributed by atoms with van der Waals surface area (Å²) in [5.74, 6) is 0. The highest BCUT2D eigenvalue weighted by atomic mass is 16.5. The van der Waals surface area contributed by atoms with Gasteiger partial charge in [-0.05, 0) is 37.5 Å². The maximum atomic E-state index is 5.56. The highest BCUT2D eigenvalue weighted by Gasteiger charge is 2.39. The lowest BCUT2D eigenvalue weighted by Gasteiger charge is -2.50. The molecule has 0 aromatic heterocycles. The fourth-order valence-electron chi connectivity index (χ4n) is 3.86. The van der Waals surface area contributed by atoms with E-state index in [-0.39, 0.29) is 0 Å². The van der Waals surface area contributed by atoms with Gasteiger partial charge in [0.05, 0.1) is 0 Å². The third kappa shape index (κ3) is 3.55. The van der Waals surface area contributed by atoms with Crippen molar-refractivity contribution in [2.24, 2.45) is 5.41 Å². The highest BCUT2D eigenvalue weighted by molar-refractivity contribution is 4.98. The van der Waals surface area contributed by atoms with Crippen LogP contribution in [0, 0.1) is 5.41 Å². The molecule has 0 amide bonds. The van der Waals surface area contributed by atoms with Crippen LogP contribution in [0.2, 0.25) is 0 Å². The van der Waals surface area contributed by atoms with E-state index in [1.54, 1.807) is 0 Å². The molecule has 3 nitrogen and oxygen atoms in total. The smallest absolute Gasteiger partial charge is 0.0471 e. The van der Waals surface area contributed by atoms with Crippen molar-refractivity contribution in [3.8, 4) is 0 Å². The summed E-state index contributed by atoms with van der Waals surface area (Å²) in [6.45, 7) is 15.0. The monoisotopic (exact) mass is 282 g/mol. The lowest BCUT2D eigenvalue weighted by molar-refractivity contribution is -0.0216. The summed E-state index contributed by atoms with van der Waals surface area (Å²) in [4.78, 5) is 2.79. The Morgan fingerprint density at radius 3 is 2.35 bits per heavy atom. The van der Waals surface area contributed by atoms with Crippen LogP contribution in [-0.4, -0.2) is 49.3 Å². The van der Waals surface area contributed by atoms with Crippen molar-refractivity contribution in [3.63, 3.8) is 0 Å². The summed E-state index contributed by atoms with van der Waals surface area (Å²) >= 11 is 0. The number of ether oxygens (including phenoxy) is 1. The predicted octanol–water partition coefficient (Wildman–Crippen LogP) is 3.05. The number of nitrogens with zero attached hydrogens (tertiary/aromatic N) is 1. The third-order valence-corrected chi connectivity index (χ3v) is 5.84. The van der Waals surface area contributed by atoms with Gasteiger partial charge in [0, 0.05) is 44.4 Å². The van der Waals surface area contributed by atoms with E-state index in [0.29, 0.717) is 17.0 Å². The molecule has 0 aromatic rings. The summed E-state index contributed by atoms with van der Waals surface area (Å²) in [7, 11) is 0. The molecular formula is C17H34N2O. The van der Waals surface area contributed by atoms with Gasteiger partial charge in [0.1, 0.15) is 0 Å². The molecule has 2 aliphatic heterocycles. The average Bonchev–Trinajstić information content (AvgIpc) is 2.47. The molecule has 0 saturated carbocycles. The molecule has 0 spiro atoms. The van der Waals surface area contributed by atoms with Gasteiger partial charge >= 0.3 is 0 Å². The summed E-state index contributed by atoms with van der Waals surface area (Å²) < 4.78 is 5.56. The van der Waals surface area contributed by atoms with E-state index in [2.05, 4.69) is 37.9 Å². The van der Waals surface area contributed by atoms with E-state index in [1.807, 2.05) is 0 Å². The van der Waals surface area contributed by atoms with Crippen LogP contribution in [0.15, 0.2) is 0 Å². The molecule has 0 aromatic carbocycles. The largest absolute Gasteiger partial charge is 0.381 e. The van der Waals surface area contributed by atoms with Gasteiger partial charge in [0.25, 0.3) is 0 Å². The van der Waals surface area contributed by atoms with Gasteiger partial charge in [-0.15, -0.1) is 0 Å². The minimum atomic E-state index is 0.340. The Labute approximate surface area is 125 Å². The first-order valence-electron chi connectivity index (χ1n) is 8.63. The first kappa shape index (κ1) is 16.3. The van der Waals surface area contributed by atoms with Crippen LogP contribution >= 0.6 is 0 Å². The van der Waals surface area contributed by atoms with Gasteiger partial charge in [0.2, 0.25) is 0 Å². The molecule has 0 bridgehead atoms. The first-order valence-corrected chi connectivity index (χ1v) is 8.63. The van der Waals surface area contributed by atoms with Crippen molar-refractivity contribution in [1.29, 1.82) is 0 Å². The Kier molecular flexibility index (Phi) is 5.49. The molecule has 2 saturated heterocycles. The van der Waals surface area contributed by atoms with Crippen LogP contribution in [0.25, 0.3) is 0 Å². The van der Waals surface area contributed by atoms with E-state index in [1.165, 1.54) is 45.2 Å². The van der Waals surface area contributed by atoms with Crippen molar-refractivity contribution in [1.82, 2.24) is 10.2 Å². The van der Waals surface area contributed by atoms with Gasteiger partial charge < -0.3 is 10.1 Å². The molecule has 2 heterocycles. The zero-order valence-electron chi connectivity index (χ0n) is 14.0. The lowest BCUT2D eigenvalue weighted by atomic mass is 9.80. The van der Waals surface area contributed by atoms with Gasteiger partial charge in [-0.25, -0.2) is 0 Å². The van der Waals surface area contributed by atoms with Crippen molar-refractivity contribution in [3.05, 3.63) is 0 Å². The number of nitrogens with one attached hydrogen (secondary N) is 1. The average molecular weight is 282 g/mol. The first-order chi connectivity index (χ1) is 9.56. The molecule has 0 radical (unpaired) electrons. The van der Waals surface area contributed by atoms with Crippen molar-refractivity contribution in [2.75, 3.05) is 32.8 Å². The maximum Gasteiger partial charge on any atom is 0.0471 e. The molecule has 1 unspecified atom stereocenters. The normalized spacial score (nSPS) is 30.3. The molecule has 2 aliphatic rings. The number of hydrogen-bond donors (Lipinski definition) is 1. The summed E-state index contributed by atoms with van der Waals surface area (Å²) in [5.41, 5.74) is 0.795. The van der Waals surface area contributed by atoms with Crippen LogP contribution in [0.5, 0.6) is 0 Å². The lowest BCUT2D eigenvalue weighted by Crippen LogP contribution is -2.65. The Balaban J connectivity index is 2.05. The van der Waals surface area contributed by atoms with Crippen LogP contribution in [-0.2, 0) is 4.74 Å². The Bertz CT molecular complexity index is 295. The summed E-state index contributed by atoms with van der Waals surface area (Å²) in [6, 6.07) is 0.709. The molecule has 1 atom stereocenters. The molecule has 3 heteroatoms. The minimum Gasteiger partial charge on any atom is -0.381 e. The molecule has 1 N–H and O–H groups in total. The number of rotatable bonds is 5. The van der Waals surface area contributed by atoms with Gasteiger partial charge in [-0.1, -0.05) is 27.7 Å². The number of piperazine rings is 1. The number of hydrogen-bond acceptors (Lipinski definition) is 3. The van der Waals surface area contributed by atoms with E-state index >= 15 is 0 Å². The Morgan fingerprint density at radius 1 is 1.15 bits per heavy atom. The Hall–Kier alpha value is -0.120. The SMILES string of the molecule is CCC1CNC(CC)(CC)CN1CC1(C)CCOCC1. The standard InChI is InChI=1S/C17H34N2O/c1-5-15-12-18-17(6-2,7-3)14-19(15)13-16(4)8-10-20-11-9-16/h15,18H,5-14H2,1-4H3. The quantitative estimate of drug-likeness (QED) is 0.839. The zero-order chi connectivity index (χ0) is 14.6. The van der Waals surface area contributed by atoms with E-state index in [0.717, 1.165) is 19.8 Å². The van der Waals surface area contributed by atoms with Crippen molar-refractivity contribution in [2.45, 2.75) is 71.4 Å². The second-order valence-electron chi connectivity index (χ2n) is 7.26. The van der Waals surface area contributed by atoms with Gasteiger partial charge in [-0.2, -0.15) is 0 Å². The summed E-state index contributed by atoms with van der Waals surface area (Å²) in [5, 5.41) is 3.85. The molecule has 118 valence electrons. The van der Waals surface area contributed by atoms with Crippen LogP contribution in [0.3, 0.4) is 0 Å². The van der Waals surface area contributed by atoms with E-state index in [4.69, 9.17) is 4.74 Å². The minimum absolute atomic E-state index is 0.340. The highest BCUT2D eigenvalue weighted by Crippen LogP contribution is 2.34. The van der Waals surface area contributed by atoms with Crippen LogP contribution in [0.1, 0.15) is 59.8 Å². The third-order valence-electron chi connectivity index (χ3n) is 5.84.